The molecule has 3 heteroatoms. The molecule has 1 unspecified atom stereocenters. The van der Waals surface area contributed by atoms with Crippen molar-refractivity contribution in [2.24, 2.45) is 5.73 Å². The van der Waals surface area contributed by atoms with Crippen LogP contribution in [0.3, 0.4) is 0 Å². The number of aliphatic hydroxyl groups is 1. The normalized spacial score (nSPS) is 14.5. The molecule has 0 bridgehead atoms. The molecule has 3 N–H and O–H groups in total. The van der Waals surface area contributed by atoms with E-state index in [9.17, 15) is 5.11 Å². The number of nitrogens with two attached hydrogens (primary N) is 1. The van der Waals surface area contributed by atoms with Crippen molar-refractivity contribution in [1.82, 2.24) is 0 Å². The van der Waals surface area contributed by atoms with Crippen LogP contribution in [-0.4, -0.2) is 30.3 Å². The second kappa shape index (κ2) is 5.87. The molecule has 0 aliphatic rings. The molecule has 0 aromatic heterocycles. The fourth-order valence-electron chi connectivity index (χ4n) is 1.59. The maximum atomic E-state index is 9.86. The highest BCUT2D eigenvalue weighted by molar-refractivity contribution is 5.45. The molecule has 16 heavy (non-hydrogen) atoms. The van der Waals surface area contributed by atoms with Crippen LogP contribution in [0, 0.1) is 0 Å². The van der Waals surface area contributed by atoms with Gasteiger partial charge in [-0.3, -0.25) is 0 Å². The number of hydrogen-bond acceptors (Lipinski definition) is 3. The first-order valence-electron chi connectivity index (χ1n) is 5.81. The van der Waals surface area contributed by atoms with Crippen molar-refractivity contribution in [3.8, 4) is 0 Å². The Morgan fingerprint density at radius 3 is 2.44 bits per heavy atom. The number of para-hydroxylation sites is 1. The molecule has 0 aliphatic heterocycles. The highest BCUT2D eigenvalue weighted by atomic mass is 16.3. The average Bonchev–Trinajstić information content (AvgIpc) is 2.31. The summed E-state index contributed by atoms with van der Waals surface area (Å²) in [7, 11) is 0. The fraction of sp³-hybridized carbons (Fsp3) is 0.538. The van der Waals surface area contributed by atoms with Crippen LogP contribution in [0.1, 0.15) is 20.3 Å². The first-order chi connectivity index (χ1) is 7.59. The van der Waals surface area contributed by atoms with Gasteiger partial charge in [0, 0.05) is 25.3 Å². The van der Waals surface area contributed by atoms with Crippen molar-refractivity contribution < 1.29 is 5.11 Å². The summed E-state index contributed by atoms with van der Waals surface area (Å²) >= 11 is 0. The molecule has 0 amide bonds. The van der Waals surface area contributed by atoms with Gasteiger partial charge in [-0.1, -0.05) is 18.2 Å². The zero-order chi connectivity index (χ0) is 12.0. The van der Waals surface area contributed by atoms with E-state index in [-0.39, 0.29) is 0 Å². The number of nitrogens with zero attached hydrogens (tertiary/aromatic N) is 1. The Morgan fingerprint density at radius 2 is 1.94 bits per heavy atom. The summed E-state index contributed by atoms with van der Waals surface area (Å²) in [4.78, 5) is 2.24. The van der Waals surface area contributed by atoms with Crippen molar-refractivity contribution in [3.05, 3.63) is 30.3 Å². The van der Waals surface area contributed by atoms with Crippen LogP contribution in [-0.2, 0) is 0 Å². The molecule has 1 aromatic rings. The van der Waals surface area contributed by atoms with Gasteiger partial charge in [-0.25, -0.2) is 0 Å². The Morgan fingerprint density at radius 1 is 1.31 bits per heavy atom. The first-order valence-corrected chi connectivity index (χ1v) is 5.81. The first kappa shape index (κ1) is 13.0. The zero-order valence-corrected chi connectivity index (χ0v) is 10.2. The van der Waals surface area contributed by atoms with Crippen LogP contribution in [0.4, 0.5) is 5.69 Å². The lowest BCUT2D eigenvalue weighted by Crippen LogP contribution is -2.38. The lowest BCUT2D eigenvalue weighted by molar-refractivity contribution is 0.0621. The van der Waals surface area contributed by atoms with Gasteiger partial charge in [0.25, 0.3) is 0 Å². The molecule has 0 aliphatic carbocycles. The van der Waals surface area contributed by atoms with Crippen LogP contribution in [0.15, 0.2) is 30.3 Å². The lowest BCUT2D eigenvalue weighted by Gasteiger charge is -2.28. The van der Waals surface area contributed by atoms with Crippen LogP contribution < -0.4 is 10.6 Å². The van der Waals surface area contributed by atoms with Crippen molar-refractivity contribution in [3.63, 3.8) is 0 Å². The molecule has 0 radical (unpaired) electrons. The molecule has 0 fully saturated rings. The van der Waals surface area contributed by atoms with Gasteiger partial charge in [-0.05, 0) is 32.4 Å². The van der Waals surface area contributed by atoms with E-state index in [0.717, 1.165) is 13.1 Å². The van der Waals surface area contributed by atoms with Crippen molar-refractivity contribution in [1.29, 1.82) is 0 Å². The van der Waals surface area contributed by atoms with E-state index < -0.39 is 5.60 Å². The molecule has 1 aromatic carbocycles. The second-order valence-corrected chi connectivity index (χ2v) is 4.37. The molecule has 0 spiro atoms. The Kier molecular flexibility index (Phi) is 4.77. The molecule has 0 heterocycles. The number of anilines is 1. The summed E-state index contributed by atoms with van der Waals surface area (Å²) < 4.78 is 0. The van der Waals surface area contributed by atoms with Crippen LogP contribution in [0.5, 0.6) is 0 Å². The van der Waals surface area contributed by atoms with Gasteiger partial charge in [0.05, 0.1) is 5.60 Å². The smallest absolute Gasteiger partial charge is 0.0758 e. The minimum atomic E-state index is -0.762. The fourth-order valence-corrected chi connectivity index (χ4v) is 1.59. The third-order valence-electron chi connectivity index (χ3n) is 2.86. The Labute approximate surface area is 97.9 Å². The zero-order valence-electron chi connectivity index (χ0n) is 10.2. The van der Waals surface area contributed by atoms with Gasteiger partial charge in [0.15, 0.2) is 0 Å². The highest BCUT2D eigenvalue weighted by Crippen LogP contribution is 2.16. The molecule has 1 atom stereocenters. The molecule has 0 saturated carbocycles. The van der Waals surface area contributed by atoms with Gasteiger partial charge in [0.2, 0.25) is 0 Å². The monoisotopic (exact) mass is 222 g/mol. The van der Waals surface area contributed by atoms with Crippen molar-refractivity contribution in [2.45, 2.75) is 25.9 Å². The molecular weight excluding hydrogens is 200 g/mol. The predicted octanol–water partition coefficient (Wildman–Crippen LogP) is 1.61. The summed E-state index contributed by atoms with van der Waals surface area (Å²) in [5, 5.41) is 9.86. The predicted molar refractivity (Wildman–Crippen MR) is 68.6 cm³/mol. The van der Waals surface area contributed by atoms with Gasteiger partial charge < -0.3 is 15.7 Å². The third-order valence-corrected chi connectivity index (χ3v) is 2.86. The van der Waals surface area contributed by atoms with E-state index in [4.69, 9.17) is 5.73 Å². The topological polar surface area (TPSA) is 49.5 Å². The van der Waals surface area contributed by atoms with Crippen LogP contribution >= 0.6 is 0 Å². The van der Waals surface area contributed by atoms with E-state index in [1.807, 2.05) is 18.2 Å². The van der Waals surface area contributed by atoms with Gasteiger partial charge in [-0.2, -0.15) is 0 Å². The Balaban J connectivity index is 2.57. The molecular formula is C13H22N2O. The van der Waals surface area contributed by atoms with E-state index in [1.165, 1.54) is 5.69 Å². The number of benzene rings is 1. The summed E-state index contributed by atoms with van der Waals surface area (Å²) in [5.41, 5.74) is 5.93. The molecule has 1 rings (SSSR count). The highest BCUT2D eigenvalue weighted by Gasteiger charge is 2.18. The maximum Gasteiger partial charge on any atom is 0.0758 e. The number of hydrogen-bond donors (Lipinski definition) is 2. The summed E-state index contributed by atoms with van der Waals surface area (Å²) in [6.45, 7) is 5.96. The van der Waals surface area contributed by atoms with E-state index >= 15 is 0 Å². The number of rotatable bonds is 6. The van der Waals surface area contributed by atoms with E-state index in [0.29, 0.717) is 13.0 Å². The minimum Gasteiger partial charge on any atom is -0.389 e. The lowest BCUT2D eigenvalue weighted by atomic mass is 10.0. The van der Waals surface area contributed by atoms with E-state index in [2.05, 4.69) is 24.0 Å². The van der Waals surface area contributed by atoms with Gasteiger partial charge in [-0.15, -0.1) is 0 Å². The SMILES string of the molecule is CCN(CCC(C)(O)CN)c1ccccc1. The average molecular weight is 222 g/mol. The Bertz CT molecular complexity index is 298. The molecule has 3 nitrogen and oxygen atoms in total. The summed E-state index contributed by atoms with van der Waals surface area (Å²) in [6, 6.07) is 10.2. The quantitative estimate of drug-likeness (QED) is 0.769. The summed E-state index contributed by atoms with van der Waals surface area (Å²) in [5.74, 6) is 0. The van der Waals surface area contributed by atoms with Crippen LogP contribution in [0.25, 0.3) is 0 Å². The van der Waals surface area contributed by atoms with Gasteiger partial charge >= 0.3 is 0 Å². The van der Waals surface area contributed by atoms with Crippen LogP contribution in [0.2, 0.25) is 0 Å². The third kappa shape index (κ3) is 3.83. The van der Waals surface area contributed by atoms with Crippen molar-refractivity contribution >= 4 is 5.69 Å². The maximum absolute atomic E-state index is 9.86. The molecule has 90 valence electrons. The second-order valence-electron chi connectivity index (χ2n) is 4.37. The minimum absolute atomic E-state index is 0.305. The largest absolute Gasteiger partial charge is 0.389 e. The Hall–Kier alpha value is -1.06. The summed E-state index contributed by atoms with van der Waals surface area (Å²) in [6.07, 6.45) is 0.687. The van der Waals surface area contributed by atoms with E-state index in [1.54, 1.807) is 6.92 Å². The van der Waals surface area contributed by atoms with Gasteiger partial charge in [0.1, 0.15) is 0 Å². The molecule has 0 saturated heterocycles. The standard InChI is InChI=1S/C13H22N2O/c1-3-15(10-9-13(2,16)11-14)12-7-5-4-6-8-12/h4-8,16H,3,9-11,14H2,1-2H3. The van der Waals surface area contributed by atoms with Crippen molar-refractivity contribution in [2.75, 3.05) is 24.5 Å².